The van der Waals surface area contributed by atoms with Crippen molar-refractivity contribution in [2.75, 3.05) is 0 Å². The molecule has 0 spiro atoms. The summed E-state index contributed by atoms with van der Waals surface area (Å²) in [6, 6.07) is 9.65. The number of carbonyl (C=O) groups is 1. The van der Waals surface area contributed by atoms with Crippen LogP contribution in [0, 0.1) is 0 Å². The third-order valence-corrected chi connectivity index (χ3v) is 2.45. The molecule has 0 fully saturated rings. The van der Waals surface area contributed by atoms with Crippen LogP contribution < -0.4 is 0 Å². The number of aliphatic hydroxyl groups is 1. The summed E-state index contributed by atoms with van der Waals surface area (Å²) in [6.07, 6.45) is 2.87. The quantitative estimate of drug-likeness (QED) is 0.661. The second-order valence-corrected chi connectivity index (χ2v) is 5.65. The molecular weight excluding hydrogens is 252 g/mol. The van der Waals surface area contributed by atoms with E-state index >= 15 is 0 Å². The number of aliphatic hydroxyl groups excluding tert-OH is 1. The lowest BCUT2D eigenvalue weighted by Gasteiger charge is -2.20. The summed E-state index contributed by atoms with van der Waals surface area (Å²) in [5.74, 6) is -0.468. The Morgan fingerprint density at radius 2 is 1.95 bits per heavy atom. The average molecular weight is 274 g/mol. The van der Waals surface area contributed by atoms with Crippen molar-refractivity contribution in [1.29, 1.82) is 0 Å². The van der Waals surface area contributed by atoms with Gasteiger partial charge in [-0.3, -0.25) is 0 Å². The number of carbonyl (C=O) groups excluding carboxylic acids is 1. The highest BCUT2D eigenvalue weighted by Gasteiger charge is 2.19. The summed E-state index contributed by atoms with van der Waals surface area (Å²) in [5.41, 5.74) is 0.713. The van der Waals surface area contributed by atoms with E-state index in [-0.39, 0.29) is 12.0 Å². The minimum Gasteiger partial charge on any atom is -0.457 e. The van der Waals surface area contributed by atoms with Crippen molar-refractivity contribution >= 4 is 12.0 Å². The van der Waals surface area contributed by atoms with Crippen molar-refractivity contribution in [1.82, 2.24) is 0 Å². The van der Waals surface area contributed by atoms with Gasteiger partial charge >= 0.3 is 5.97 Å². The third-order valence-electron chi connectivity index (χ3n) is 2.45. The van der Waals surface area contributed by atoms with Gasteiger partial charge in [0.25, 0.3) is 0 Å². The first kappa shape index (κ1) is 16.2. The number of ether oxygens (including phenoxy) is 1. The molecule has 1 aromatic rings. The van der Waals surface area contributed by atoms with E-state index in [0.29, 0.717) is 0 Å². The zero-order valence-corrected chi connectivity index (χ0v) is 12.3. The molecule has 0 aliphatic heterocycles. The van der Waals surface area contributed by atoms with Gasteiger partial charge in [0.05, 0.1) is 6.10 Å². The van der Waals surface area contributed by atoms with Crippen LogP contribution >= 0.6 is 0 Å². The molecule has 20 heavy (non-hydrogen) atoms. The molecular formula is C17H22O3. The zero-order chi connectivity index (χ0) is 15.2. The van der Waals surface area contributed by atoms with Gasteiger partial charge in [-0.25, -0.2) is 4.79 Å². The Kier molecular flexibility index (Phi) is 5.71. The van der Waals surface area contributed by atoms with Crippen LogP contribution in [0.1, 0.15) is 32.8 Å². The van der Waals surface area contributed by atoms with Gasteiger partial charge < -0.3 is 9.84 Å². The van der Waals surface area contributed by atoms with Crippen molar-refractivity contribution in [3.05, 3.63) is 54.1 Å². The number of esters is 1. The molecule has 0 bridgehead atoms. The SMILES string of the molecule is C=C(CC(O)/C=C/c1ccccc1)C(=O)OC(C)(C)C. The summed E-state index contributed by atoms with van der Waals surface area (Å²) in [4.78, 5) is 11.7. The summed E-state index contributed by atoms with van der Waals surface area (Å²) < 4.78 is 5.19. The largest absolute Gasteiger partial charge is 0.457 e. The van der Waals surface area contributed by atoms with E-state index in [1.807, 2.05) is 36.4 Å². The first-order chi connectivity index (χ1) is 9.28. The van der Waals surface area contributed by atoms with Gasteiger partial charge in [-0.15, -0.1) is 0 Å². The van der Waals surface area contributed by atoms with Crippen LogP contribution in [0.25, 0.3) is 6.08 Å². The molecule has 0 radical (unpaired) electrons. The molecule has 0 amide bonds. The standard InChI is InChI=1S/C17H22O3/c1-13(16(19)20-17(2,3)4)12-15(18)11-10-14-8-6-5-7-9-14/h5-11,15,18H,1,12H2,2-4H3/b11-10+. The van der Waals surface area contributed by atoms with E-state index in [1.54, 1.807) is 26.8 Å². The minimum absolute atomic E-state index is 0.165. The Bertz CT molecular complexity index is 481. The van der Waals surface area contributed by atoms with Gasteiger partial charge in [0.2, 0.25) is 0 Å². The van der Waals surface area contributed by atoms with Gasteiger partial charge in [-0.05, 0) is 26.3 Å². The third kappa shape index (κ3) is 6.34. The van der Waals surface area contributed by atoms with E-state index < -0.39 is 17.7 Å². The van der Waals surface area contributed by atoms with Crippen LogP contribution in [0.4, 0.5) is 0 Å². The predicted octanol–water partition coefficient (Wildman–Crippen LogP) is 3.35. The second-order valence-electron chi connectivity index (χ2n) is 5.65. The molecule has 0 saturated heterocycles. The Morgan fingerprint density at radius 1 is 1.35 bits per heavy atom. The summed E-state index contributed by atoms with van der Waals surface area (Å²) in [7, 11) is 0. The Hall–Kier alpha value is -1.87. The second kappa shape index (κ2) is 7.06. The molecule has 0 aliphatic carbocycles. The lowest BCUT2D eigenvalue weighted by atomic mass is 10.1. The molecule has 1 atom stereocenters. The fraction of sp³-hybridized carbons (Fsp3) is 0.353. The number of benzene rings is 1. The fourth-order valence-corrected chi connectivity index (χ4v) is 1.54. The van der Waals surface area contributed by atoms with Crippen molar-refractivity contribution in [2.45, 2.75) is 38.9 Å². The first-order valence-electron chi connectivity index (χ1n) is 6.60. The molecule has 1 aromatic carbocycles. The van der Waals surface area contributed by atoms with E-state index in [0.717, 1.165) is 5.56 Å². The Morgan fingerprint density at radius 3 is 2.50 bits per heavy atom. The molecule has 1 unspecified atom stereocenters. The maximum atomic E-state index is 11.7. The van der Waals surface area contributed by atoms with E-state index in [2.05, 4.69) is 6.58 Å². The topological polar surface area (TPSA) is 46.5 Å². The molecule has 3 nitrogen and oxygen atoms in total. The summed E-state index contributed by atoms with van der Waals surface area (Å²) in [5, 5.41) is 9.87. The smallest absolute Gasteiger partial charge is 0.334 e. The summed E-state index contributed by atoms with van der Waals surface area (Å²) in [6.45, 7) is 9.05. The molecule has 0 saturated carbocycles. The van der Waals surface area contributed by atoms with Crippen molar-refractivity contribution < 1.29 is 14.6 Å². The van der Waals surface area contributed by atoms with Crippen LogP contribution in [-0.2, 0) is 9.53 Å². The Labute approximate surface area is 120 Å². The van der Waals surface area contributed by atoms with Crippen LogP contribution in [0.15, 0.2) is 48.6 Å². The molecule has 108 valence electrons. The molecule has 1 rings (SSSR count). The van der Waals surface area contributed by atoms with Crippen LogP contribution in [0.3, 0.4) is 0 Å². The van der Waals surface area contributed by atoms with Gasteiger partial charge in [-0.1, -0.05) is 49.1 Å². The normalized spacial score (nSPS) is 13.2. The van der Waals surface area contributed by atoms with Crippen LogP contribution in [-0.4, -0.2) is 22.8 Å². The highest BCUT2D eigenvalue weighted by Crippen LogP contribution is 2.14. The molecule has 0 aromatic heterocycles. The first-order valence-corrected chi connectivity index (χ1v) is 6.60. The van der Waals surface area contributed by atoms with Crippen molar-refractivity contribution in [2.24, 2.45) is 0 Å². The average Bonchev–Trinajstić information content (AvgIpc) is 2.35. The summed E-state index contributed by atoms with van der Waals surface area (Å²) >= 11 is 0. The number of hydrogen-bond donors (Lipinski definition) is 1. The van der Waals surface area contributed by atoms with E-state index in [4.69, 9.17) is 4.74 Å². The van der Waals surface area contributed by atoms with Gasteiger partial charge in [0.1, 0.15) is 5.60 Å². The highest BCUT2D eigenvalue weighted by atomic mass is 16.6. The van der Waals surface area contributed by atoms with E-state index in [9.17, 15) is 9.90 Å². The molecule has 0 aliphatic rings. The zero-order valence-electron chi connectivity index (χ0n) is 12.3. The van der Waals surface area contributed by atoms with Gasteiger partial charge in [0, 0.05) is 12.0 Å². The lowest BCUT2D eigenvalue weighted by Crippen LogP contribution is -2.25. The van der Waals surface area contributed by atoms with Gasteiger partial charge in [0.15, 0.2) is 0 Å². The predicted molar refractivity (Wildman–Crippen MR) is 81.1 cm³/mol. The maximum Gasteiger partial charge on any atom is 0.334 e. The lowest BCUT2D eigenvalue weighted by molar-refractivity contribution is -0.150. The molecule has 1 N–H and O–H groups in total. The monoisotopic (exact) mass is 274 g/mol. The van der Waals surface area contributed by atoms with Crippen LogP contribution in [0.5, 0.6) is 0 Å². The maximum absolute atomic E-state index is 11.7. The molecule has 0 heterocycles. The van der Waals surface area contributed by atoms with Crippen molar-refractivity contribution in [3.63, 3.8) is 0 Å². The van der Waals surface area contributed by atoms with Crippen LogP contribution in [0.2, 0.25) is 0 Å². The minimum atomic E-state index is -0.754. The molecule has 3 heteroatoms. The highest BCUT2D eigenvalue weighted by molar-refractivity contribution is 5.88. The number of rotatable bonds is 5. The van der Waals surface area contributed by atoms with Crippen molar-refractivity contribution in [3.8, 4) is 0 Å². The number of hydrogen-bond acceptors (Lipinski definition) is 3. The fourth-order valence-electron chi connectivity index (χ4n) is 1.54. The van der Waals surface area contributed by atoms with Gasteiger partial charge in [-0.2, -0.15) is 0 Å². The Balaban J connectivity index is 2.50. The van der Waals surface area contributed by atoms with E-state index in [1.165, 1.54) is 0 Å².